The van der Waals surface area contributed by atoms with Gasteiger partial charge in [-0.3, -0.25) is 4.79 Å². The van der Waals surface area contributed by atoms with Crippen LogP contribution in [0.25, 0.3) is 0 Å². The van der Waals surface area contributed by atoms with E-state index in [0.29, 0.717) is 12.1 Å². The van der Waals surface area contributed by atoms with Crippen molar-refractivity contribution in [3.05, 3.63) is 23.5 Å². The van der Waals surface area contributed by atoms with Crippen LogP contribution in [0.1, 0.15) is 17.8 Å². The number of nitrogens with two attached hydrogens (primary N) is 1. The highest BCUT2D eigenvalue weighted by molar-refractivity contribution is 7.99. The Morgan fingerprint density at radius 1 is 1.35 bits per heavy atom. The molecule has 3 N–H and O–H groups in total. The summed E-state index contributed by atoms with van der Waals surface area (Å²) in [5, 5.41) is 11.8. The summed E-state index contributed by atoms with van der Waals surface area (Å²) in [5.41, 5.74) is 8.63. The van der Waals surface area contributed by atoms with Crippen LogP contribution < -0.4 is 11.1 Å². The molecular formula is C13H15N5OS. The summed E-state index contributed by atoms with van der Waals surface area (Å²) in [5.74, 6) is 0.900. The lowest BCUT2D eigenvalue weighted by Gasteiger charge is -2.18. The molecule has 2 heterocycles. The van der Waals surface area contributed by atoms with Gasteiger partial charge < -0.3 is 15.6 Å². The van der Waals surface area contributed by atoms with Crippen LogP contribution in [0.5, 0.6) is 0 Å². The number of rotatable bonds is 2. The number of nitrogens with one attached hydrogen (secondary N) is 1. The Morgan fingerprint density at radius 3 is 2.85 bits per heavy atom. The number of carbonyl (C=O) groups is 1. The Bertz CT molecular complexity index is 694. The predicted octanol–water partition coefficient (Wildman–Crippen LogP) is 1.74. The van der Waals surface area contributed by atoms with E-state index < -0.39 is 0 Å². The van der Waals surface area contributed by atoms with Gasteiger partial charge in [-0.2, -0.15) is 0 Å². The van der Waals surface area contributed by atoms with Gasteiger partial charge in [-0.1, -0.05) is 0 Å². The maximum Gasteiger partial charge on any atom is 0.224 e. The van der Waals surface area contributed by atoms with Crippen LogP contribution in [0.15, 0.2) is 22.2 Å². The molecule has 0 atom stereocenters. The quantitative estimate of drug-likeness (QED) is 0.822. The zero-order valence-corrected chi connectivity index (χ0v) is 12.1. The van der Waals surface area contributed by atoms with E-state index in [1.807, 2.05) is 30.7 Å². The highest BCUT2D eigenvalue weighted by Crippen LogP contribution is 2.36. The first-order chi connectivity index (χ1) is 9.54. The third kappa shape index (κ3) is 2.24. The highest BCUT2D eigenvalue weighted by Gasteiger charge is 2.18. The van der Waals surface area contributed by atoms with E-state index in [1.54, 1.807) is 0 Å². The summed E-state index contributed by atoms with van der Waals surface area (Å²) in [6.07, 6.45) is 1.26. The minimum Gasteiger partial charge on any atom is -0.398 e. The molecule has 2 aromatic rings. The number of nitrogens with zero attached hydrogens (tertiary/aromatic N) is 3. The van der Waals surface area contributed by atoms with Crippen molar-refractivity contribution in [2.24, 2.45) is 7.05 Å². The standard InChI is InChI=1S/C13H15N5OS/c1-7-16-17-13(18(7)2)20-11-5-8-3-4-12(19)15-10(8)6-9(11)14/h5-6H,3-4,14H2,1-2H3,(H,15,19). The van der Waals surface area contributed by atoms with Gasteiger partial charge >= 0.3 is 0 Å². The van der Waals surface area contributed by atoms with Crippen molar-refractivity contribution >= 4 is 29.0 Å². The Morgan fingerprint density at radius 2 is 2.15 bits per heavy atom. The van der Waals surface area contributed by atoms with Crippen LogP contribution in [0.2, 0.25) is 0 Å². The molecule has 1 aromatic heterocycles. The van der Waals surface area contributed by atoms with Crippen molar-refractivity contribution < 1.29 is 4.79 Å². The van der Waals surface area contributed by atoms with E-state index in [4.69, 9.17) is 5.73 Å². The number of carbonyl (C=O) groups excluding carboxylic acids is 1. The lowest BCUT2D eigenvalue weighted by atomic mass is 10.0. The molecule has 7 heteroatoms. The molecule has 1 aromatic carbocycles. The van der Waals surface area contributed by atoms with Crippen LogP contribution >= 0.6 is 11.8 Å². The summed E-state index contributed by atoms with van der Waals surface area (Å²) in [4.78, 5) is 12.3. The summed E-state index contributed by atoms with van der Waals surface area (Å²) >= 11 is 1.49. The van der Waals surface area contributed by atoms with Crippen LogP contribution in [-0.2, 0) is 18.3 Å². The Hall–Kier alpha value is -2.02. The second-order valence-electron chi connectivity index (χ2n) is 4.79. The van der Waals surface area contributed by atoms with Crippen molar-refractivity contribution in [1.29, 1.82) is 0 Å². The molecule has 20 heavy (non-hydrogen) atoms. The molecule has 0 fully saturated rings. The summed E-state index contributed by atoms with van der Waals surface area (Å²) in [6.45, 7) is 1.91. The number of fused-ring (bicyclic) bond motifs is 1. The lowest BCUT2D eigenvalue weighted by Crippen LogP contribution is -2.19. The zero-order chi connectivity index (χ0) is 14.3. The largest absolute Gasteiger partial charge is 0.398 e. The minimum atomic E-state index is 0.0428. The van der Waals surface area contributed by atoms with E-state index in [1.165, 1.54) is 11.8 Å². The van der Waals surface area contributed by atoms with Gasteiger partial charge in [0.05, 0.1) is 0 Å². The molecule has 0 unspecified atom stereocenters. The lowest BCUT2D eigenvalue weighted by molar-refractivity contribution is -0.116. The molecule has 0 radical (unpaired) electrons. The van der Waals surface area contributed by atoms with Gasteiger partial charge in [-0.05, 0) is 42.8 Å². The average Bonchev–Trinajstić information content (AvgIpc) is 2.72. The number of anilines is 2. The SMILES string of the molecule is Cc1nnc(Sc2cc3c(cc2N)NC(=O)CC3)n1C. The fourth-order valence-electron chi connectivity index (χ4n) is 2.09. The summed E-state index contributed by atoms with van der Waals surface area (Å²) in [6, 6.07) is 3.84. The topological polar surface area (TPSA) is 85.8 Å². The molecule has 104 valence electrons. The van der Waals surface area contributed by atoms with Crippen molar-refractivity contribution in [1.82, 2.24) is 14.8 Å². The molecule has 0 spiro atoms. The molecule has 0 saturated heterocycles. The molecule has 1 aliphatic rings. The molecule has 0 bridgehead atoms. The molecule has 3 rings (SSSR count). The van der Waals surface area contributed by atoms with E-state index in [-0.39, 0.29) is 5.91 Å². The monoisotopic (exact) mass is 289 g/mol. The fourth-order valence-corrected chi connectivity index (χ4v) is 3.01. The Labute approximate surface area is 120 Å². The second kappa shape index (κ2) is 4.82. The van der Waals surface area contributed by atoms with Crippen LogP contribution in [0.4, 0.5) is 11.4 Å². The number of aromatic nitrogens is 3. The zero-order valence-electron chi connectivity index (χ0n) is 11.3. The fraction of sp³-hybridized carbons (Fsp3) is 0.308. The molecule has 0 saturated carbocycles. The first-order valence-electron chi connectivity index (χ1n) is 6.30. The molecule has 0 aliphatic carbocycles. The van der Waals surface area contributed by atoms with E-state index in [0.717, 1.165) is 33.5 Å². The summed E-state index contributed by atoms with van der Waals surface area (Å²) < 4.78 is 1.92. The van der Waals surface area contributed by atoms with Gasteiger partial charge in [0.25, 0.3) is 0 Å². The van der Waals surface area contributed by atoms with Crippen LogP contribution in [0, 0.1) is 6.92 Å². The second-order valence-corrected chi connectivity index (χ2v) is 5.80. The van der Waals surface area contributed by atoms with E-state index in [9.17, 15) is 4.79 Å². The molecule has 1 amide bonds. The average molecular weight is 289 g/mol. The number of nitrogen functional groups attached to an aromatic ring is 1. The van der Waals surface area contributed by atoms with Gasteiger partial charge in [0.1, 0.15) is 5.82 Å². The van der Waals surface area contributed by atoms with Gasteiger partial charge in [0, 0.05) is 29.7 Å². The van der Waals surface area contributed by atoms with Gasteiger partial charge in [-0.15, -0.1) is 10.2 Å². The highest BCUT2D eigenvalue weighted by atomic mass is 32.2. The third-order valence-corrected chi connectivity index (χ3v) is 4.50. The van der Waals surface area contributed by atoms with Crippen molar-refractivity contribution in [2.75, 3.05) is 11.1 Å². The normalized spacial score (nSPS) is 14.0. The van der Waals surface area contributed by atoms with E-state index in [2.05, 4.69) is 15.5 Å². The Balaban J connectivity index is 1.94. The van der Waals surface area contributed by atoms with Gasteiger partial charge in [0.15, 0.2) is 5.16 Å². The maximum absolute atomic E-state index is 11.4. The third-order valence-electron chi connectivity index (χ3n) is 3.38. The first kappa shape index (κ1) is 13.0. The van der Waals surface area contributed by atoms with Crippen molar-refractivity contribution in [3.63, 3.8) is 0 Å². The van der Waals surface area contributed by atoms with Crippen LogP contribution in [-0.4, -0.2) is 20.7 Å². The first-order valence-corrected chi connectivity index (χ1v) is 7.12. The summed E-state index contributed by atoms with van der Waals surface area (Å²) in [7, 11) is 1.92. The Kier molecular flexibility index (Phi) is 3.13. The number of hydrogen-bond donors (Lipinski definition) is 2. The predicted molar refractivity (Wildman–Crippen MR) is 77.7 cm³/mol. The molecule has 1 aliphatic heterocycles. The number of amides is 1. The van der Waals surface area contributed by atoms with Crippen molar-refractivity contribution in [2.45, 2.75) is 29.8 Å². The maximum atomic E-state index is 11.4. The molecular weight excluding hydrogens is 274 g/mol. The minimum absolute atomic E-state index is 0.0428. The number of benzene rings is 1. The van der Waals surface area contributed by atoms with Gasteiger partial charge in [-0.25, -0.2) is 0 Å². The number of hydrogen-bond acceptors (Lipinski definition) is 5. The van der Waals surface area contributed by atoms with E-state index >= 15 is 0 Å². The van der Waals surface area contributed by atoms with Crippen LogP contribution in [0.3, 0.4) is 0 Å². The number of aryl methyl sites for hydroxylation is 2. The molecule has 6 nitrogen and oxygen atoms in total. The smallest absolute Gasteiger partial charge is 0.224 e. The van der Waals surface area contributed by atoms with Crippen molar-refractivity contribution in [3.8, 4) is 0 Å². The van der Waals surface area contributed by atoms with Gasteiger partial charge in [0.2, 0.25) is 5.91 Å².